The second-order valence-corrected chi connectivity index (χ2v) is 4.61. The highest BCUT2D eigenvalue weighted by Gasteiger charge is 2.14. The Bertz CT molecular complexity index is 578. The predicted octanol–water partition coefficient (Wildman–Crippen LogP) is 3.18. The van der Waals surface area contributed by atoms with Gasteiger partial charge in [-0.1, -0.05) is 0 Å². The fourth-order valence-electron chi connectivity index (χ4n) is 2.06. The van der Waals surface area contributed by atoms with Crippen molar-refractivity contribution in [2.45, 2.75) is 33.7 Å². The van der Waals surface area contributed by atoms with Crippen molar-refractivity contribution in [1.82, 2.24) is 9.97 Å². The number of ether oxygens (including phenoxy) is 1. The van der Waals surface area contributed by atoms with E-state index >= 15 is 0 Å². The number of aryl methyl sites for hydroxylation is 3. The van der Waals surface area contributed by atoms with Gasteiger partial charge in [0.2, 0.25) is 11.8 Å². The molecule has 0 bridgehead atoms. The van der Waals surface area contributed by atoms with E-state index in [-0.39, 0.29) is 6.04 Å². The van der Waals surface area contributed by atoms with Crippen molar-refractivity contribution < 1.29 is 9.15 Å². The van der Waals surface area contributed by atoms with Crippen molar-refractivity contribution in [2.75, 3.05) is 12.4 Å². The summed E-state index contributed by atoms with van der Waals surface area (Å²) in [6.07, 6.45) is 0. The fraction of sp³-hybridized carbons (Fsp3) is 0.429. The number of methoxy groups -OCH3 is 1. The average Bonchev–Trinajstić information content (AvgIpc) is 2.67. The van der Waals surface area contributed by atoms with E-state index in [4.69, 9.17) is 9.15 Å². The van der Waals surface area contributed by atoms with Crippen LogP contribution < -0.4 is 10.1 Å². The van der Waals surface area contributed by atoms with Crippen molar-refractivity contribution in [3.63, 3.8) is 0 Å². The minimum Gasteiger partial charge on any atom is -0.481 e. The van der Waals surface area contributed by atoms with E-state index in [1.54, 1.807) is 13.2 Å². The molecule has 0 fully saturated rings. The van der Waals surface area contributed by atoms with Crippen LogP contribution in [0.4, 0.5) is 5.95 Å². The maximum absolute atomic E-state index is 5.54. The van der Waals surface area contributed by atoms with Crippen molar-refractivity contribution in [1.29, 1.82) is 0 Å². The zero-order valence-corrected chi connectivity index (χ0v) is 11.9. The van der Waals surface area contributed by atoms with Gasteiger partial charge in [0, 0.05) is 17.3 Å². The van der Waals surface area contributed by atoms with Crippen LogP contribution in [-0.4, -0.2) is 17.1 Å². The molecule has 0 aliphatic heterocycles. The number of nitrogens with one attached hydrogen (secondary N) is 1. The molecule has 0 radical (unpaired) electrons. The topological polar surface area (TPSA) is 60.2 Å². The molecular weight excluding hydrogens is 242 g/mol. The van der Waals surface area contributed by atoms with Crippen LogP contribution in [0.3, 0.4) is 0 Å². The number of hydrogen-bond donors (Lipinski definition) is 1. The largest absolute Gasteiger partial charge is 0.481 e. The number of anilines is 1. The summed E-state index contributed by atoms with van der Waals surface area (Å²) >= 11 is 0. The maximum atomic E-state index is 5.54. The SMILES string of the molecule is COc1cc(C)nc(NC(C)c2cc(C)oc2C)n1. The molecule has 102 valence electrons. The molecule has 2 heterocycles. The molecule has 0 amide bonds. The van der Waals surface area contributed by atoms with Gasteiger partial charge in [0.15, 0.2) is 0 Å². The first-order valence-corrected chi connectivity index (χ1v) is 6.22. The maximum Gasteiger partial charge on any atom is 0.226 e. The number of furan rings is 1. The van der Waals surface area contributed by atoms with Gasteiger partial charge in [0.25, 0.3) is 0 Å². The van der Waals surface area contributed by atoms with Gasteiger partial charge in [-0.15, -0.1) is 0 Å². The highest BCUT2D eigenvalue weighted by atomic mass is 16.5. The third-order valence-electron chi connectivity index (χ3n) is 2.93. The van der Waals surface area contributed by atoms with E-state index in [1.165, 1.54) is 0 Å². The van der Waals surface area contributed by atoms with E-state index in [0.29, 0.717) is 11.8 Å². The zero-order valence-electron chi connectivity index (χ0n) is 11.9. The predicted molar refractivity (Wildman–Crippen MR) is 73.5 cm³/mol. The Hall–Kier alpha value is -2.04. The normalized spacial score (nSPS) is 12.3. The van der Waals surface area contributed by atoms with Crippen LogP contribution in [0.2, 0.25) is 0 Å². The standard InChI is InChI=1S/C14H19N3O2/c1-8-6-13(18-5)17-14(15-8)16-10(3)12-7-9(2)19-11(12)4/h6-7,10H,1-5H3,(H,15,16,17). The van der Waals surface area contributed by atoms with E-state index in [0.717, 1.165) is 22.8 Å². The lowest BCUT2D eigenvalue weighted by molar-refractivity contribution is 0.397. The molecule has 0 aliphatic carbocycles. The Labute approximate surface area is 113 Å². The minimum absolute atomic E-state index is 0.0731. The summed E-state index contributed by atoms with van der Waals surface area (Å²) in [4.78, 5) is 8.63. The number of rotatable bonds is 4. The van der Waals surface area contributed by atoms with Gasteiger partial charge in [-0.25, -0.2) is 4.98 Å². The number of hydrogen-bond acceptors (Lipinski definition) is 5. The molecule has 2 aromatic heterocycles. The molecule has 19 heavy (non-hydrogen) atoms. The highest BCUT2D eigenvalue weighted by Crippen LogP contribution is 2.24. The third kappa shape index (κ3) is 3.05. The lowest BCUT2D eigenvalue weighted by Crippen LogP contribution is -2.10. The zero-order chi connectivity index (χ0) is 14.0. The summed E-state index contributed by atoms with van der Waals surface area (Å²) in [7, 11) is 1.60. The van der Waals surface area contributed by atoms with Gasteiger partial charge in [0.1, 0.15) is 11.5 Å². The minimum atomic E-state index is 0.0731. The number of nitrogens with zero attached hydrogens (tertiary/aromatic N) is 2. The summed E-state index contributed by atoms with van der Waals surface area (Å²) in [6, 6.07) is 3.90. The fourth-order valence-corrected chi connectivity index (χ4v) is 2.06. The highest BCUT2D eigenvalue weighted by molar-refractivity contribution is 5.36. The third-order valence-corrected chi connectivity index (χ3v) is 2.93. The second-order valence-electron chi connectivity index (χ2n) is 4.61. The van der Waals surface area contributed by atoms with E-state index in [2.05, 4.69) is 22.2 Å². The Morgan fingerprint density at radius 3 is 2.53 bits per heavy atom. The molecule has 1 unspecified atom stereocenters. The summed E-state index contributed by atoms with van der Waals surface area (Å²) in [5, 5.41) is 3.27. The Balaban J connectivity index is 2.21. The second kappa shape index (κ2) is 5.30. The molecule has 2 aromatic rings. The van der Waals surface area contributed by atoms with Gasteiger partial charge >= 0.3 is 0 Å². The van der Waals surface area contributed by atoms with E-state index in [9.17, 15) is 0 Å². The van der Waals surface area contributed by atoms with Crippen molar-refractivity contribution in [2.24, 2.45) is 0 Å². The first-order valence-electron chi connectivity index (χ1n) is 6.22. The number of aromatic nitrogens is 2. The molecular formula is C14H19N3O2. The van der Waals surface area contributed by atoms with Gasteiger partial charge in [-0.05, 0) is 33.8 Å². The van der Waals surface area contributed by atoms with Crippen LogP contribution in [0.1, 0.15) is 35.7 Å². The molecule has 1 N–H and O–H groups in total. The van der Waals surface area contributed by atoms with Crippen LogP contribution in [0, 0.1) is 20.8 Å². The molecule has 5 nitrogen and oxygen atoms in total. The van der Waals surface area contributed by atoms with Crippen molar-refractivity contribution in [3.8, 4) is 5.88 Å². The first kappa shape index (κ1) is 13.4. The monoisotopic (exact) mass is 261 g/mol. The Kier molecular flexibility index (Phi) is 3.74. The van der Waals surface area contributed by atoms with E-state index in [1.807, 2.05) is 26.8 Å². The van der Waals surface area contributed by atoms with Crippen LogP contribution in [0.5, 0.6) is 5.88 Å². The van der Waals surface area contributed by atoms with Crippen molar-refractivity contribution in [3.05, 3.63) is 34.9 Å². The molecule has 0 saturated carbocycles. The van der Waals surface area contributed by atoms with Crippen LogP contribution in [0.15, 0.2) is 16.5 Å². The van der Waals surface area contributed by atoms with Gasteiger partial charge in [-0.3, -0.25) is 0 Å². The summed E-state index contributed by atoms with van der Waals surface area (Å²) < 4.78 is 10.7. The van der Waals surface area contributed by atoms with Crippen LogP contribution in [0.25, 0.3) is 0 Å². The quantitative estimate of drug-likeness (QED) is 0.916. The molecule has 0 aromatic carbocycles. The summed E-state index contributed by atoms with van der Waals surface area (Å²) in [5.74, 6) is 2.94. The molecule has 0 spiro atoms. The van der Waals surface area contributed by atoms with Gasteiger partial charge < -0.3 is 14.5 Å². The smallest absolute Gasteiger partial charge is 0.226 e. The Morgan fingerprint density at radius 2 is 1.95 bits per heavy atom. The molecule has 2 rings (SSSR count). The molecule has 0 aliphatic rings. The molecule has 5 heteroatoms. The molecule has 1 atom stereocenters. The lowest BCUT2D eigenvalue weighted by Gasteiger charge is -2.14. The summed E-state index contributed by atoms with van der Waals surface area (Å²) in [5.41, 5.74) is 1.98. The van der Waals surface area contributed by atoms with Gasteiger partial charge in [0.05, 0.1) is 13.2 Å². The first-order chi connectivity index (χ1) is 8.99. The van der Waals surface area contributed by atoms with E-state index < -0.39 is 0 Å². The lowest BCUT2D eigenvalue weighted by atomic mass is 10.1. The average molecular weight is 261 g/mol. The van der Waals surface area contributed by atoms with Gasteiger partial charge in [-0.2, -0.15) is 4.98 Å². The Morgan fingerprint density at radius 1 is 1.21 bits per heavy atom. The van der Waals surface area contributed by atoms with Crippen LogP contribution >= 0.6 is 0 Å². The van der Waals surface area contributed by atoms with Crippen LogP contribution in [-0.2, 0) is 0 Å². The van der Waals surface area contributed by atoms with Crippen molar-refractivity contribution >= 4 is 5.95 Å². The summed E-state index contributed by atoms with van der Waals surface area (Å²) in [6.45, 7) is 7.86. The molecule has 0 saturated heterocycles.